The van der Waals surface area contributed by atoms with E-state index in [0.29, 0.717) is 0 Å². The number of benzene rings is 4. The zero-order chi connectivity index (χ0) is 24.7. The molecule has 0 aliphatic heterocycles. The summed E-state index contributed by atoms with van der Waals surface area (Å²) < 4.78 is 9.88. The highest BCUT2D eigenvalue weighted by molar-refractivity contribution is 9.10. The molecule has 4 aromatic carbocycles. The Labute approximate surface area is 214 Å². The molecule has 0 fully saturated rings. The van der Waals surface area contributed by atoms with E-state index in [2.05, 4.69) is 123 Å². The topological polar surface area (TPSA) is 18.1 Å². The molecule has 0 N–H and O–H groups in total. The van der Waals surface area contributed by atoms with Crippen molar-refractivity contribution in [1.82, 2.24) is 4.57 Å². The first-order chi connectivity index (χ1) is 16.5. The number of aromatic nitrogens is 1. The van der Waals surface area contributed by atoms with Gasteiger partial charge in [-0.2, -0.15) is 0 Å². The normalized spacial score (nSPS) is 13.0. The minimum Gasteiger partial charge on any atom is -0.454 e. The molecule has 0 unspecified atom stereocenters. The van der Waals surface area contributed by atoms with Crippen molar-refractivity contribution < 1.29 is 4.42 Å². The van der Waals surface area contributed by atoms with Crippen molar-refractivity contribution in [3.8, 4) is 5.69 Å². The van der Waals surface area contributed by atoms with E-state index >= 15 is 0 Å². The van der Waals surface area contributed by atoms with Crippen molar-refractivity contribution in [2.24, 2.45) is 0 Å². The molecule has 0 aliphatic carbocycles. The summed E-state index contributed by atoms with van der Waals surface area (Å²) in [7, 11) is 0. The van der Waals surface area contributed by atoms with Crippen molar-refractivity contribution in [3.63, 3.8) is 0 Å². The van der Waals surface area contributed by atoms with Crippen LogP contribution in [0.4, 0.5) is 0 Å². The second-order valence-corrected chi connectivity index (χ2v) is 12.5. The number of hydrogen-bond acceptors (Lipinski definition) is 1. The zero-order valence-electron chi connectivity index (χ0n) is 21.2. The van der Waals surface area contributed by atoms with Crippen molar-refractivity contribution in [2.45, 2.75) is 52.4 Å². The van der Waals surface area contributed by atoms with Gasteiger partial charge in [0.25, 0.3) is 0 Å². The number of nitrogens with zero attached hydrogens (tertiary/aromatic N) is 1. The Balaban J connectivity index is 1.79. The summed E-state index contributed by atoms with van der Waals surface area (Å²) in [5.41, 5.74) is 8.06. The Bertz CT molecular complexity index is 1700. The van der Waals surface area contributed by atoms with Gasteiger partial charge in [0.2, 0.25) is 0 Å². The van der Waals surface area contributed by atoms with E-state index in [-0.39, 0.29) is 10.8 Å². The van der Waals surface area contributed by atoms with Gasteiger partial charge in [-0.25, -0.2) is 0 Å². The fourth-order valence-corrected chi connectivity index (χ4v) is 5.65. The van der Waals surface area contributed by atoms with E-state index in [0.717, 1.165) is 32.1 Å². The average Bonchev–Trinajstić information content (AvgIpc) is 3.33. The number of hydrogen-bond donors (Lipinski definition) is 0. The van der Waals surface area contributed by atoms with Crippen LogP contribution in [-0.4, -0.2) is 4.57 Å². The van der Waals surface area contributed by atoms with E-state index in [1.807, 2.05) is 12.1 Å². The van der Waals surface area contributed by atoms with Crippen molar-refractivity contribution in [3.05, 3.63) is 88.4 Å². The molecule has 3 heteroatoms. The van der Waals surface area contributed by atoms with Gasteiger partial charge in [0.1, 0.15) is 11.3 Å². The summed E-state index contributed by atoms with van der Waals surface area (Å²) in [6.07, 6.45) is 0. The predicted molar refractivity (Wildman–Crippen MR) is 153 cm³/mol. The van der Waals surface area contributed by atoms with Gasteiger partial charge in [-0.05, 0) is 80.4 Å². The third kappa shape index (κ3) is 3.43. The molecule has 0 radical (unpaired) electrons. The Kier molecular flexibility index (Phi) is 4.79. The van der Waals surface area contributed by atoms with Gasteiger partial charge in [-0.15, -0.1) is 0 Å². The molecule has 0 atom stereocenters. The number of rotatable bonds is 1. The molecule has 6 rings (SSSR count). The molecular formula is C32H30BrNO. The third-order valence-corrected chi connectivity index (χ3v) is 7.83. The Morgan fingerprint density at radius 2 is 1.20 bits per heavy atom. The van der Waals surface area contributed by atoms with Crippen LogP contribution in [-0.2, 0) is 10.8 Å². The maximum Gasteiger partial charge on any atom is 0.160 e. The molecule has 2 aromatic heterocycles. The standard InChI is InChI=1S/C32H30BrNO/c1-31(2,3)19-11-15-26-23(17-19)24-18-20(32(4,5)6)12-16-27(24)34(26)29-25(33)14-13-22-21-9-7-8-10-28(21)35-30(22)29/h7-18H,1-6H3. The molecule has 0 spiro atoms. The van der Waals surface area contributed by atoms with Gasteiger partial charge >= 0.3 is 0 Å². The lowest BCUT2D eigenvalue weighted by Crippen LogP contribution is -2.10. The van der Waals surface area contributed by atoms with E-state index in [9.17, 15) is 0 Å². The SMILES string of the molecule is CC(C)(C)c1ccc2c(c1)c1cc(C(C)(C)C)ccc1n2-c1c(Br)ccc2c1oc1ccccc12. The van der Waals surface area contributed by atoms with Crippen LogP contribution >= 0.6 is 15.9 Å². The summed E-state index contributed by atoms with van der Waals surface area (Å²) in [5.74, 6) is 0. The van der Waals surface area contributed by atoms with Gasteiger partial charge in [-0.3, -0.25) is 0 Å². The summed E-state index contributed by atoms with van der Waals surface area (Å²) in [6.45, 7) is 13.7. The molecule has 176 valence electrons. The quantitative estimate of drug-likeness (QED) is 0.209. The van der Waals surface area contributed by atoms with Crippen LogP contribution in [0.1, 0.15) is 52.7 Å². The van der Waals surface area contributed by atoms with E-state index in [1.165, 1.54) is 32.9 Å². The highest BCUT2D eigenvalue weighted by Gasteiger charge is 2.23. The lowest BCUT2D eigenvalue weighted by Gasteiger charge is -2.19. The molecule has 2 heterocycles. The first-order valence-corrected chi connectivity index (χ1v) is 13.0. The van der Waals surface area contributed by atoms with E-state index in [4.69, 9.17) is 4.42 Å². The van der Waals surface area contributed by atoms with Crippen LogP contribution in [0.3, 0.4) is 0 Å². The van der Waals surface area contributed by atoms with E-state index in [1.54, 1.807) is 0 Å². The third-order valence-electron chi connectivity index (χ3n) is 7.19. The molecule has 0 bridgehead atoms. The molecule has 2 nitrogen and oxygen atoms in total. The maximum absolute atomic E-state index is 6.49. The average molecular weight is 525 g/mol. The largest absolute Gasteiger partial charge is 0.454 e. The van der Waals surface area contributed by atoms with Gasteiger partial charge in [0.05, 0.1) is 11.0 Å². The lowest BCUT2D eigenvalue weighted by atomic mass is 9.85. The fourth-order valence-electron chi connectivity index (χ4n) is 5.16. The molecular weight excluding hydrogens is 494 g/mol. The Morgan fingerprint density at radius 3 is 1.77 bits per heavy atom. The van der Waals surface area contributed by atoms with Crippen LogP contribution in [0.2, 0.25) is 0 Å². The van der Waals surface area contributed by atoms with Crippen LogP contribution in [0.15, 0.2) is 81.7 Å². The fraction of sp³-hybridized carbons (Fsp3) is 0.250. The number of para-hydroxylation sites is 1. The first kappa shape index (κ1) is 22.4. The minimum atomic E-state index is 0.0730. The number of halogens is 1. The smallest absolute Gasteiger partial charge is 0.160 e. The van der Waals surface area contributed by atoms with Crippen LogP contribution in [0, 0.1) is 0 Å². The zero-order valence-corrected chi connectivity index (χ0v) is 22.7. The second kappa shape index (κ2) is 7.48. The van der Waals surface area contributed by atoms with Crippen molar-refractivity contribution >= 4 is 59.7 Å². The monoisotopic (exact) mass is 523 g/mol. The minimum absolute atomic E-state index is 0.0730. The Morgan fingerprint density at radius 1 is 0.629 bits per heavy atom. The van der Waals surface area contributed by atoms with Crippen LogP contribution in [0.25, 0.3) is 49.4 Å². The lowest BCUT2D eigenvalue weighted by molar-refractivity contribution is 0.590. The van der Waals surface area contributed by atoms with E-state index < -0.39 is 0 Å². The Hall–Kier alpha value is -3.04. The summed E-state index contributed by atoms with van der Waals surface area (Å²) in [5, 5.41) is 4.82. The molecule has 6 aromatic rings. The predicted octanol–water partition coefficient (Wildman–Crippen LogP) is 10.0. The number of furan rings is 1. The second-order valence-electron chi connectivity index (χ2n) is 11.7. The van der Waals surface area contributed by atoms with Crippen LogP contribution in [0.5, 0.6) is 0 Å². The molecule has 0 saturated heterocycles. The molecule has 0 aliphatic rings. The summed E-state index contributed by atoms with van der Waals surface area (Å²) in [6, 6.07) is 26.4. The molecule has 0 saturated carbocycles. The summed E-state index contributed by atoms with van der Waals surface area (Å²) >= 11 is 3.88. The first-order valence-electron chi connectivity index (χ1n) is 12.2. The van der Waals surface area contributed by atoms with Crippen LogP contribution < -0.4 is 0 Å². The number of fused-ring (bicyclic) bond motifs is 6. The maximum atomic E-state index is 6.49. The van der Waals surface area contributed by atoms with Gasteiger partial charge in [0, 0.05) is 26.0 Å². The highest BCUT2D eigenvalue weighted by atomic mass is 79.9. The summed E-state index contributed by atoms with van der Waals surface area (Å²) in [4.78, 5) is 0. The van der Waals surface area contributed by atoms with Gasteiger partial charge in [0.15, 0.2) is 5.58 Å². The van der Waals surface area contributed by atoms with Crippen molar-refractivity contribution in [2.75, 3.05) is 0 Å². The molecule has 0 amide bonds. The van der Waals surface area contributed by atoms with Crippen molar-refractivity contribution in [1.29, 1.82) is 0 Å². The van der Waals surface area contributed by atoms with Gasteiger partial charge < -0.3 is 8.98 Å². The highest BCUT2D eigenvalue weighted by Crippen LogP contribution is 2.42. The molecule has 35 heavy (non-hydrogen) atoms. The van der Waals surface area contributed by atoms with Gasteiger partial charge in [-0.1, -0.05) is 71.9 Å².